The number of aromatic nitrogens is 4. The molecule has 5 nitrogen and oxygen atoms in total. The van der Waals surface area contributed by atoms with Gasteiger partial charge in [0.05, 0.1) is 12.0 Å². The van der Waals surface area contributed by atoms with Crippen molar-refractivity contribution in [1.29, 1.82) is 0 Å². The van der Waals surface area contributed by atoms with Gasteiger partial charge >= 0.3 is 0 Å². The number of rotatable bonds is 3. The average molecular weight is 381 g/mol. The summed E-state index contributed by atoms with van der Waals surface area (Å²) in [4.78, 5) is 18.7. The number of hydrogen-bond acceptors (Lipinski definition) is 4. The Kier molecular flexibility index (Phi) is 6.39. The Morgan fingerprint density at radius 2 is 1.86 bits per heavy atom. The van der Waals surface area contributed by atoms with Gasteiger partial charge in [0.25, 0.3) is 0 Å². The van der Waals surface area contributed by atoms with E-state index in [0.29, 0.717) is 11.5 Å². The van der Waals surface area contributed by atoms with Crippen LogP contribution in [0.3, 0.4) is 0 Å². The summed E-state index contributed by atoms with van der Waals surface area (Å²) in [5.41, 5.74) is 4.87. The van der Waals surface area contributed by atoms with Gasteiger partial charge in [-0.3, -0.25) is 0 Å². The summed E-state index contributed by atoms with van der Waals surface area (Å²) in [6.07, 6.45) is 7.25. The highest BCUT2D eigenvalue weighted by Crippen LogP contribution is 2.34. The number of benzene rings is 1. The summed E-state index contributed by atoms with van der Waals surface area (Å²) in [5, 5.41) is 0. The predicted molar refractivity (Wildman–Crippen MR) is 111 cm³/mol. The third kappa shape index (κ3) is 4.06. The van der Waals surface area contributed by atoms with Crippen LogP contribution in [0.5, 0.6) is 0 Å². The van der Waals surface area contributed by atoms with Crippen LogP contribution in [0.1, 0.15) is 49.6 Å². The van der Waals surface area contributed by atoms with E-state index in [1.807, 2.05) is 26.1 Å². The number of halogens is 1. The van der Waals surface area contributed by atoms with Crippen molar-refractivity contribution in [3.05, 3.63) is 59.8 Å². The number of piperidine rings is 1. The van der Waals surface area contributed by atoms with Crippen LogP contribution in [-0.2, 0) is 0 Å². The van der Waals surface area contributed by atoms with E-state index in [0.717, 1.165) is 48.6 Å². The quantitative estimate of drug-likeness (QED) is 0.691. The van der Waals surface area contributed by atoms with Crippen LogP contribution in [-0.4, -0.2) is 33.0 Å². The lowest BCUT2D eigenvalue weighted by Gasteiger charge is -2.33. The molecule has 0 amide bonds. The summed E-state index contributed by atoms with van der Waals surface area (Å²) in [6, 6.07) is 5.16. The minimum Gasteiger partial charge on any atom is -0.356 e. The van der Waals surface area contributed by atoms with Gasteiger partial charge in [0.1, 0.15) is 18.0 Å². The van der Waals surface area contributed by atoms with E-state index in [1.54, 1.807) is 25.6 Å². The average Bonchev–Trinajstić information content (AvgIpc) is 3.17. The predicted octanol–water partition coefficient (Wildman–Crippen LogP) is 5.03. The number of hydrogen-bond donors (Lipinski definition) is 1. The Bertz CT molecular complexity index is 913. The summed E-state index contributed by atoms with van der Waals surface area (Å²) in [5.74, 6) is 1.21. The Hall–Kier alpha value is -2.76. The second kappa shape index (κ2) is 8.95. The smallest absolute Gasteiger partial charge is 0.139 e. The van der Waals surface area contributed by atoms with E-state index >= 15 is 0 Å². The molecule has 1 fully saturated rings. The summed E-state index contributed by atoms with van der Waals surface area (Å²) >= 11 is 0. The van der Waals surface area contributed by atoms with E-state index in [2.05, 4.69) is 31.8 Å². The van der Waals surface area contributed by atoms with Crippen molar-refractivity contribution < 1.29 is 4.39 Å². The normalized spacial score (nSPS) is 14.5. The van der Waals surface area contributed by atoms with Gasteiger partial charge in [0, 0.05) is 36.5 Å². The van der Waals surface area contributed by atoms with E-state index in [4.69, 9.17) is 0 Å². The van der Waals surface area contributed by atoms with Gasteiger partial charge in [0.2, 0.25) is 0 Å². The fourth-order valence-corrected chi connectivity index (χ4v) is 3.74. The van der Waals surface area contributed by atoms with Crippen LogP contribution in [0, 0.1) is 19.7 Å². The molecular formula is C22H28FN5. The molecule has 148 valence electrons. The first-order chi connectivity index (χ1) is 13.6. The maximum atomic E-state index is 13.6. The molecule has 1 aromatic carbocycles. The lowest BCUT2D eigenvalue weighted by Crippen LogP contribution is -2.34. The molecule has 2 aromatic heterocycles. The summed E-state index contributed by atoms with van der Waals surface area (Å²) in [7, 11) is 0. The highest BCUT2D eigenvalue weighted by Gasteiger charge is 2.25. The van der Waals surface area contributed by atoms with Crippen molar-refractivity contribution in [3.63, 3.8) is 0 Å². The van der Waals surface area contributed by atoms with Crippen LogP contribution in [0.15, 0.2) is 37.1 Å². The van der Waals surface area contributed by atoms with Crippen molar-refractivity contribution in [3.8, 4) is 11.1 Å². The topological polar surface area (TPSA) is 57.7 Å². The molecule has 0 saturated carbocycles. The Labute approximate surface area is 166 Å². The van der Waals surface area contributed by atoms with Gasteiger partial charge in [0.15, 0.2) is 0 Å². The minimum absolute atomic E-state index is 0.192. The molecule has 0 radical (unpaired) electrons. The molecule has 6 heteroatoms. The fourth-order valence-electron chi connectivity index (χ4n) is 3.74. The number of H-pyrrole nitrogens is 1. The van der Waals surface area contributed by atoms with Crippen LogP contribution < -0.4 is 4.90 Å². The number of imidazole rings is 1. The van der Waals surface area contributed by atoms with E-state index in [1.165, 1.54) is 11.8 Å². The standard InChI is InChI=1S/C20H22FN5.C2H6/c1-13-9-16(3-4-18(13)21)17-10-22-11-25-20(17)26-7-5-15(6-8-26)19-14(2)23-12-24-19;1-2/h3-4,9-12,15H,5-8H2,1-2H3,(H,23,24);1-2H3. The second-order valence-corrected chi connectivity index (χ2v) is 6.90. The van der Waals surface area contributed by atoms with Crippen molar-refractivity contribution in [1.82, 2.24) is 19.9 Å². The first-order valence-electron chi connectivity index (χ1n) is 9.95. The monoisotopic (exact) mass is 381 g/mol. The first kappa shape index (κ1) is 20.0. The first-order valence-corrected chi connectivity index (χ1v) is 9.95. The highest BCUT2D eigenvalue weighted by atomic mass is 19.1. The Morgan fingerprint density at radius 3 is 2.50 bits per heavy atom. The minimum atomic E-state index is -0.192. The van der Waals surface area contributed by atoms with Crippen LogP contribution in [0.4, 0.5) is 10.2 Å². The molecule has 1 N–H and O–H groups in total. The van der Waals surface area contributed by atoms with Crippen molar-refractivity contribution in [2.45, 2.75) is 46.5 Å². The molecule has 4 rings (SSSR count). The molecule has 1 aliphatic heterocycles. The molecule has 1 aliphatic rings. The zero-order valence-corrected chi connectivity index (χ0v) is 17.0. The molecule has 1 saturated heterocycles. The number of nitrogens with zero attached hydrogens (tertiary/aromatic N) is 4. The number of aryl methyl sites for hydroxylation is 2. The fraction of sp³-hybridized carbons (Fsp3) is 0.409. The lowest BCUT2D eigenvalue weighted by atomic mass is 9.92. The molecule has 0 atom stereocenters. The molecule has 0 unspecified atom stereocenters. The van der Waals surface area contributed by atoms with Gasteiger partial charge in [-0.1, -0.05) is 19.9 Å². The zero-order chi connectivity index (χ0) is 20.1. The SMILES string of the molecule is CC.Cc1cc(-c2cncnc2N2CCC(c3nc[nH]c3C)CC2)ccc1F. The van der Waals surface area contributed by atoms with Gasteiger partial charge in [-0.05, 0) is 49.9 Å². The molecule has 0 spiro atoms. The molecule has 3 heterocycles. The lowest BCUT2D eigenvalue weighted by molar-refractivity contribution is 0.493. The molecule has 0 aliphatic carbocycles. The molecular weight excluding hydrogens is 353 g/mol. The maximum absolute atomic E-state index is 13.6. The van der Waals surface area contributed by atoms with Crippen molar-refractivity contribution >= 4 is 5.82 Å². The molecule has 0 bridgehead atoms. The van der Waals surface area contributed by atoms with E-state index < -0.39 is 0 Å². The second-order valence-electron chi connectivity index (χ2n) is 6.90. The molecule has 28 heavy (non-hydrogen) atoms. The van der Waals surface area contributed by atoms with Crippen LogP contribution in [0.25, 0.3) is 11.1 Å². The number of nitrogens with one attached hydrogen (secondary N) is 1. The number of aromatic amines is 1. The maximum Gasteiger partial charge on any atom is 0.139 e. The highest BCUT2D eigenvalue weighted by molar-refractivity contribution is 5.75. The van der Waals surface area contributed by atoms with Gasteiger partial charge < -0.3 is 9.88 Å². The van der Waals surface area contributed by atoms with Gasteiger partial charge in [-0.2, -0.15) is 0 Å². The Morgan fingerprint density at radius 1 is 1.11 bits per heavy atom. The third-order valence-electron chi connectivity index (χ3n) is 5.21. The number of anilines is 1. The summed E-state index contributed by atoms with van der Waals surface area (Å²) < 4.78 is 13.6. The summed E-state index contributed by atoms with van der Waals surface area (Å²) in [6.45, 7) is 9.69. The van der Waals surface area contributed by atoms with E-state index in [9.17, 15) is 4.39 Å². The van der Waals surface area contributed by atoms with Crippen molar-refractivity contribution in [2.75, 3.05) is 18.0 Å². The van der Waals surface area contributed by atoms with E-state index in [-0.39, 0.29) is 5.82 Å². The largest absolute Gasteiger partial charge is 0.356 e. The molecule has 3 aromatic rings. The van der Waals surface area contributed by atoms with Crippen LogP contribution >= 0.6 is 0 Å². The third-order valence-corrected chi connectivity index (χ3v) is 5.21. The van der Waals surface area contributed by atoms with Crippen molar-refractivity contribution in [2.24, 2.45) is 0 Å². The Balaban J connectivity index is 0.00000109. The van der Waals surface area contributed by atoms with Gasteiger partial charge in [-0.15, -0.1) is 0 Å². The van der Waals surface area contributed by atoms with Gasteiger partial charge in [-0.25, -0.2) is 19.3 Å². The van der Waals surface area contributed by atoms with Crippen LogP contribution in [0.2, 0.25) is 0 Å². The zero-order valence-electron chi connectivity index (χ0n) is 17.0.